The van der Waals surface area contributed by atoms with E-state index in [2.05, 4.69) is 60.4 Å². The van der Waals surface area contributed by atoms with Gasteiger partial charge in [-0.1, -0.05) is 74.0 Å². The van der Waals surface area contributed by atoms with Gasteiger partial charge in [-0.25, -0.2) is 0 Å². The molecule has 0 atom stereocenters. The molecule has 3 rings (SSSR count). The highest BCUT2D eigenvalue weighted by molar-refractivity contribution is 5.32. The summed E-state index contributed by atoms with van der Waals surface area (Å²) in [6.07, 6.45) is 5.30. The molecule has 0 radical (unpaired) electrons. The van der Waals surface area contributed by atoms with Gasteiger partial charge in [0.2, 0.25) is 0 Å². The molecule has 130 valence electrons. The minimum Gasteiger partial charge on any atom is -0.330 e. The zero-order chi connectivity index (χ0) is 17.0. The zero-order valence-corrected chi connectivity index (χ0v) is 15.0. The van der Waals surface area contributed by atoms with Crippen LogP contribution in [-0.2, 0) is 0 Å². The van der Waals surface area contributed by atoms with Crippen molar-refractivity contribution in [3.63, 3.8) is 0 Å². The van der Waals surface area contributed by atoms with Crippen molar-refractivity contribution in [1.29, 1.82) is 0 Å². The summed E-state index contributed by atoms with van der Waals surface area (Å²) in [6.45, 7) is 6.90. The minimum atomic E-state index is 0.424. The minimum absolute atomic E-state index is 0.424. The molecular weight excluding hydrogens is 292 g/mol. The zero-order valence-electron chi connectivity index (χ0n) is 15.0. The maximum absolute atomic E-state index is 5.70. The Bertz CT molecular complexity index is 493. The number of benzene rings is 2. The Morgan fingerprint density at radius 3 is 1.71 bits per heavy atom. The molecule has 24 heavy (non-hydrogen) atoms. The Hall–Kier alpha value is -1.64. The van der Waals surface area contributed by atoms with Gasteiger partial charge in [0.15, 0.2) is 0 Å². The van der Waals surface area contributed by atoms with Crippen LogP contribution in [0.1, 0.15) is 49.7 Å². The lowest BCUT2D eigenvalue weighted by molar-refractivity contribution is 0.240. The molecule has 0 unspecified atom stereocenters. The van der Waals surface area contributed by atoms with E-state index in [4.69, 9.17) is 5.73 Å². The summed E-state index contributed by atoms with van der Waals surface area (Å²) >= 11 is 0. The van der Waals surface area contributed by atoms with E-state index in [1.54, 1.807) is 0 Å². The van der Waals surface area contributed by atoms with Crippen molar-refractivity contribution in [1.82, 2.24) is 4.90 Å². The fourth-order valence-electron chi connectivity index (χ4n) is 3.34. The van der Waals surface area contributed by atoms with Gasteiger partial charge in [0.05, 0.1) is 0 Å². The number of nitrogens with two attached hydrogens (primary N) is 1. The maximum atomic E-state index is 5.70. The van der Waals surface area contributed by atoms with Crippen LogP contribution >= 0.6 is 0 Å². The van der Waals surface area contributed by atoms with E-state index >= 15 is 0 Å². The number of hydrogen-bond acceptors (Lipinski definition) is 2. The van der Waals surface area contributed by atoms with Gasteiger partial charge in [0, 0.05) is 5.92 Å². The highest BCUT2D eigenvalue weighted by Crippen LogP contribution is 2.26. The first-order chi connectivity index (χ1) is 11.8. The molecule has 1 saturated heterocycles. The molecule has 0 aliphatic carbocycles. The summed E-state index contributed by atoms with van der Waals surface area (Å²) in [4.78, 5) is 2.52. The maximum Gasteiger partial charge on any atom is 0.0101 e. The Kier molecular flexibility index (Phi) is 8.58. The van der Waals surface area contributed by atoms with Gasteiger partial charge < -0.3 is 10.6 Å². The summed E-state index contributed by atoms with van der Waals surface area (Å²) < 4.78 is 0. The molecular formula is C22H32N2. The van der Waals surface area contributed by atoms with E-state index in [-0.39, 0.29) is 0 Å². The van der Waals surface area contributed by atoms with Gasteiger partial charge in [-0.2, -0.15) is 0 Å². The van der Waals surface area contributed by atoms with Gasteiger partial charge >= 0.3 is 0 Å². The highest BCUT2D eigenvalue weighted by Gasteiger charge is 2.12. The van der Waals surface area contributed by atoms with Crippen molar-refractivity contribution < 1.29 is 0 Å². The van der Waals surface area contributed by atoms with Crippen LogP contribution < -0.4 is 5.73 Å². The lowest BCUT2D eigenvalue weighted by Crippen LogP contribution is -2.29. The Morgan fingerprint density at radius 1 is 0.833 bits per heavy atom. The summed E-state index contributed by atoms with van der Waals surface area (Å²) in [5.41, 5.74) is 8.40. The number of hydrogen-bond donors (Lipinski definition) is 1. The van der Waals surface area contributed by atoms with E-state index in [0.29, 0.717) is 12.5 Å². The van der Waals surface area contributed by atoms with Crippen LogP contribution in [0.4, 0.5) is 0 Å². The second-order valence-electron chi connectivity index (χ2n) is 6.45. The third-order valence-electron chi connectivity index (χ3n) is 4.76. The van der Waals surface area contributed by atoms with Crippen molar-refractivity contribution in [2.24, 2.45) is 5.73 Å². The molecule has 0 saturated carbocycles. The van der Waals surface area contributed by atoms with Gasteiger partial charge in [-0.05, 0) is 56.6 Å². The van der Waals surface area contributed by atoms with Crippen LogP contribution in [0.15, 0.2) is 60.7 Å². The average Bonchev–Trinajstić information content (AvgIpc) is 2.68. The summed E-state index contributed by atoms with van der Waals surface area (Å²) in [5, 5.41) is 0. The Labute approximate surface area is 147 Å². The number of likely N-dealkylation sites (tertiary alicyclic amines) is 1. The predicted molar refractivity (Wildman–Crippen MR) is 104 cm³/mol. The van der Waals surface area contributed by atoms with Gasteiger partial charge in [-0.3, -0.25) is 0 Å². The topological polar surface area (TPSA) is 29.3 Å². The lowest BCUT2D eigenvalue weighted by atomic mass is 9.89. The van der Waals surface area contributed by atoms with Crippen LogP contribution in [0.3, 0.4) is 0 Å². The fraction of sp³-hybridized carbons (Fsp3) is 0.455. The lowest BCUT2D eigenvalue weighted by Gasteiger charge is -2.24. The molecule has 2 N–H and O–H groups in total. The second kappa shape index (κ2) is 11.0. The van der Waals surface area contributed by atoms with E-state index in [9.17, 15) is 0 Å². The van der Waals surface area contributed by atoms with E-state index in [1.165, 1.54) is 50.0 Å². The van der Waals surface area contributed by atoms with Gasteiger partial charge in [0.1, 0.15) is 0 Å². The average molecular weight is 325 g/mol. The molecule has 0 spiro atoms. The van der Waals surface area contributed by atoms with E-state index in [0.717, 1.165) is 6.42 Å². The van der Waals surface area contributed by atoms with Crippen LogP contribution in [0.2, 0.25) is 0 Å². The molecule has 1 aliphatic heterocycles. The molecule has 2 aromatic carbocycles. The van der Waals surface area contributed by atoms with Crippen LogP contribution in [-0.4, -0.2) is 31.1 Å². The summed E-state index contributed by atoms with van der Waals surface area (Å²) in [5.74, 6) is 0.424. The standard InChI is InChI=1S/C15H17N.C7H15N/c16-12-11-15(13-7-3-1-4-8-13)14-9-5-2-6-10-14;1-2-8-6-4-3-5-7-8/h1-10,15H,11-12,16H2;2-7H2,1H3. The van der Waals surface area contributed by atoms with Crippen LogP contribution in [0, 0.1) is 0 Å². The van der Waals surface area contributed by atoms with Gasteiger partial charge in [0.25, 0.3) is 0 Å². The molecule has 2 nitrogen and oxygen atoms in total. The fourth-order valence-corrected chi connectivity index (χ4v) is 3.34. The SMILES string of the molecule is CCN1CCCCC1.NCCC(c1ccccc1)c1ccccc1. The van der Waals surface area contributed by atoms with Crippen molar-refractivity contribution in [3.05, 3.63) is 71.8 Å². The molecule has 1 aliphatic rings. The molecule has 1 heterocycles. The quantitative estimate of drug-likeness (QED) is 0.866. The first-order valence-corrected chi connectivity index (χ1v) is 9.37. The number of nitrogens with zero attached hydrogens (tertiary/aromatic N) is 1. The van der Waals surface area contributed by atoms with Crippen LogP contribution in [0.5, 0.6) is 0 Å². The van der Waals surface area contributed by atoms with E-state index < -0.39 is 0 Å². The Balaban J connectivity index is 0.000000219. The molecule has 0 amide bonds. The van der Waals surface area contributed by atoms with Crippen molar-refractivity contribution >= 4 is 0 Å². The predicted octanol–water partition coefficient (Wildman–Crippen LogP) is 4.66. The molecule has 0 aromatic heterocycles. The molecule has 0 bridgehead atoms. The van der Waals surface area contributed by atoms with Crippen LogP contribution in [0.25, 0.3) is 0 Å². The van der Waals surface area contributed by atoms with Crippen molar-refractivity contribution in [2.75, 3.05) is 26.2 Å². The van der Waals surface area contributed by atoms with Crippen molar-refractivity contribution in [2.45, 2.75) is 38.5 Å². The molecule has 2 aromatic rings. The smallest absolute Gasteiger partial charge is 0.0101 e. The summed E-state index contributed by atoms with van der Waals surface area (Å²) in [7, 11) is 0. The van der Waals surface area contributed by atoms with Crippen molar-refractivity contribution in [3.8, 4) is 0 Å². The monoisotopic (exact) mass is 324 g/mol. The number of piperidine rings is 1. The van der Waals surface area contributed by atoms with E-state index in [1.807, 2.05) is 12.1 Å². The first kappa shape index (κ1) is 18.7. The third-order valence-corrected chi connectivity index (χ3v) is 4.76. The Morgan fingerprint density at radius 2 is 1.33 bits per heavy atom. The second-order valence-corrected chi connectivity index (χ2v) is 6.45. The third kappa shape index (κ3) is 6.10. The largest absolute Gasteiger partial charge is 0.330 e. The number of rotatable bonds is 5. The first-order valence-electron chi connectivity index (χ1n) is 9.37. The molecule has 1 fully saturated rings. The summed E-state index contributed by atoms with van der Waals surface area (Å²) in [6, 6.07) is 21.1. The van der Waals surface area contributed by atoms with Gasteiger partial charge in [-0.15, -0.1) is 0 Å². The normalized spacial score (nSPS) is 15.0. The highest BCUT2D eigenvalue weighted by atomic mass is 15.1. The molecule has 2 heteroatoms.